The molecule has 2 nitrogen and oxygen atoms in total. The first-order valence-electron chi connectivity index (χ1n) is 6.20. The van der Waals surface area contributed by atoms with Crippen LogP contribution in [-0.4, -0.2) is 4.98 Å². The van der Waals surface area contributed by atoms with E-state index in [-0.39, 0.29) is 0 Å². The van der Waals surface area contributed by atoms with Crippen LogP contribution in [0.1, 0.15) is 36.4 Å². The Labute approximate surface area is 121 Å². The highest BCUT2D eigenvalue weighted by Crippen LogP contribution is 2.41. The minimum absolute atomic E-state index is 0.372. The second-order valence-electron chi connectivity index (χ2n) is 4.82. The number of para-hydroxylation sites is 1. The van der Waals surface area contributed by atoms with Crippen LogP contribution in [0.5, 0.6) is 0 Å². The van der Waals surface area contributed by atoms with Crippen molar-refractivity contribution in [2.75, 3.05) is 5.32 Å². The summed E-state index contributed by atoms with van der Waals surface area (Å²) in [7, 11) is 0. The van der Waals surface area contributed by atoms with Crippen molar-refractivity contribution in [3.63, 3.8) is 0 Å². The Morgan fingerprint density at radius 3 is 2.94 bits per heavy atom. The molecule has 0 amide bonds. The molecule has 1 aliphatic heterocycles. The molecule has 3 rings (SSSR count). The molecule has 92 valence electrons. The topological polar surface area (TPSA) is 24.9 Å². The number of hydrogen-bond acceptors (Lipinski definition) is 2. The van der Waals surface area contributed by atoms with Crippen LogP contribution < -0.4 is 5.32 Å². The third-order valence-electron chi connectivity index (χ3n) is 3.57. The molecule has 0 aliphatic carbocycles. The van der Waals surface area contributed by atoms with Gasteiger partial charge in [0, 0.05) is 16.0 Å². The largest absolute Gasteiger partial charge is 0.377 e. The molecule has 0 bridgehead atoms. The second kappa shape index (κ2) is 4.88. The Hall–Kier alpha value is -1.10. The molecule has 0 radical (unpaired) electrons. The fourth-order valence-corrected chi connectivity index (χ4v) is 3.29. The van der Waals surface area contributed by atoms with Crippen molar-refractivity contribution in [2.24, 2.45) is 0 Å². The Morgan fingerprint density at radius 2 is 2.17 bits per heavy atom. The molecule has 2 heterocycles. The molecular weight excluding hydrogens is 335 g/mol. The first kappa shape index (κ1) is 12.0. The molecule has 1 aromatic heterocycles. The van der Waals surface area contributed by atoms with Crippen molar-refractivity contribution >= 4 is 28.3 Å². The Kier molecular flexibility index (Phi) is 3.24. The number of aromatic nitrogens is 1. The van der Waals surface area contributed by atoms with E-state index in [1.165, 1.54) is 20.4 Å². The molecule has 18 heavy (non-hydrogen) atoms. The highest BCUT2D eigenvalue weighted by molar-refractivity contribution is 14.1. The molecule has 1 aromatic carbocycles. The van der Waals surface area contributed by atoms with Crippen molar-refractivity contribution in [3.8, 4) is 0 Å². The molecule has 0 saturated heterocycles. The van der Waals surface area contributed by atoms with E-state index in [1.54, 1.807) is 0 Å². The third-order valence-corrected chi connectivity index (χ3v) is 4.47. The van der Waals surface area contributed by atoms with Gasteiger partial charge in [-0.15, -0.1) is 0 Å². The average Bonchev–Trinajstić information content (AvgIpc) is 2.41. The van der Waals surface area contributed by atoms with E-state index < -0.39 is 0 Å². The molecule has 0 saturated carbocycles. The lowest BCUT2D eigenvalue weighted by molar-refractivity contribution is 0.577. The van der Waals surface area contributed by atoms with Crippen molar-refractivity contribution in [1.82, 2.24) is 4.98 Å². The van der Waals surface area contributed by atoms with Crippen LogP contribution in [0.3, 0.4) is 0 Å². The number of fused-ring (bicyclic) bond motifs is 1. The number of rotatable bonds is 1. The number of pyridine rings is 1. The van der Waals surface area contributed by atoms with Crippen molar-refractivity contribution in [1.29, 1.82) is 0 Å². The maximum absolute atomic E-state index is 4.22. The first-order chi connectivity index (χ1) is 8.75. The van der Waals surface area contributed by atoms with Gasteiger partial charge in [0.05, 0.1) is 11.7 Å². The molecule has 2 aromatic rings. The predicted molar refractivity (Wildman–Crippen MR) is 82.8 cm³/mol. The van der Waals surface area contributed by atoms with Crippen LogP contribution in [0, 0.1) is 3.57 Å². The monoisotopic (exact) mass is 350 g/mol. The van der Waals surface area contributed by atoms with Crippen molar-refractivity contribution in [2.45, 2.75) is 25.3 Å². The van der Waals surface area contributed by atoms with E-state index >= 15 is 0 Å². The van der Waals surface area contributed by atoms with E-state index in [9.17, 15) is 0 Å². The molecule has 0 fully saturated rings. The maximum Gasteiger partial charge on any atom is 0.0535 e. The van der Waals surface area contributed by atoms with Crippen LogP contribution in [0.15, 0.2) is 42.7 Å². The zero-order chi connectivity index (χ0) is 12.5. The summed E-state index contributed by atoms with van der Waals surface area (Å²) < 4.78 is 1.30. The van der Waals surface area contributed by atoms with Gasteiger partial charge in [0.2, 0.25) is 0 Å². The summed E-state index contributed by atoms with van der Waals surface area (Å²) in [4.78, 5) is 4.22. The van der Waals surface area contributed by atoms with Gasteiger partial charge in [0.15, 0.2) is 0 Å². The Bertz CT molecular complexity index is 554. The van der Waals surface area contributed by atoms with Crippen LogP contribution in [0.4, 0.5) is 5.69 Å². The molecule has 2 atom stereocenters. The quantitative estimate of drug-likeness (QED) is 0.774. The SMILES string of the molecule is CC1CC(c2cccnc2)Nc2c(I)cccc21. The third kappa shape index (κ3) is 2.11. The van der Waals surface area contributed by atoms with Crippen LogP contribution in [-0.2, 0) is 0 Å². The smallest absolute Gasteiger partial charge is 0.0535 e. The highest BCUT2D eigenvalue weighted by Gasteiger charge is 2.25. The average molecular weight is 350 g/mol. The van der Waals surface area contributed by atoms with Gasteiger partial charge in [-0.1, -0.05) is 25.1 Å². The van der Waals surface area contributed by atoms with E-state index in [4.69, 9.17) is 0 Å². The lowest BCUT2D eigenvalue weighted by atomic mass is 9.86. The van der Waals surface area contributed by atoms with Crippen LogP contribution in [0.2, 0.25) is 0 Å². The highest BCUT2D eigenvalue weighted by atomic mass is 127. The van der Waals surface area contributed by atoms with Crippen LogP contribution >= 0.6 is 22.6 Å². The number of halogens is 1. The predicted octanol–water partition coefficient (Wildman–Crippen LogP) is 4.35. The van der Waals surface area contributed by atoms with Gasteiger partial charge in [-0.3, -0.25) is 4.98 Å². The normalized spacial score (nSPS) is 22.1. The summed E-state index contributed by atoms with van der Waals surface area (Å²) in [6.07, 6.45) is 4.91. The number of hydrogen-bond donors (Lipinski definition) is 1. The maximum atomic E-state index is 4.22. The van der Waals surface area contributed by atoms with Crippen molar-refractivity contribution in [3.05, 3.63) is 57.4 Å². The lowest BCUT2D eigenvalue weighted by Gasteiger charge is -2.32. The van der Waals surface area contributed by atoms with Gasteiger partial charge in [-0.05, 0) is 58.2 Å². The summed E-state index contributed by atoms with van der Waals surface area (Å²) >= 11 is 2.40. The number of anilines is 1. The minimum Gasteiger partial charge on any atom is -0.377 e. The zero-order valence-corrected chi connectivity index (χ0v) is 12.4. The summed E-state index contributed by atoms with van der Waals surface area (Å²) in [5, 5.41) is 3.66. The van der Waals surface area contributed by atoms with E-state index in [0.717, 1.165) is 6.42 Å². The van der Waals surface area contributed by atoms with Gasteiger partial charge >= 0.3 is 0 Å². The standard InChI is InChI=1S/C15H15IN2/c1-10-8-14(11-4-3-7-17-9-11)18-15-12(10)5-2-6-13(15)16/h2-7,9-10,14,18H,8H2,1H3. The summed E-state index contributed by atoms with van der Waals surface area (Å²) in [5.41, 5.74) is 4.00. The van der Waals surface area contributed by atoms with Gasteiger partial charge in [-0.25, -0.2) is 0 Å². The Balaban J connectivity index is 1.99. The van der Waals surface area contributed by atoms with Gasteiger partial charge < -0.3 is 5.32 Å². The van der Waals surface area contributed by atoms with E-state index in [1.807, 2.05) is 18.5 Å². The molecule has 2 unspecified atom stereocenters. The Morgan fingerprint density at radius 1 is 1.28 bits per heavy atom. The van der Waals surface area contributed by atoms with Gasteiger partial charge in [-0.2, -0.15) is 0 Å². The fourth-order valence-electron chi connectivity index (χ4n) is 2.62. The summed E-state index contributed by atoms with van der Waals surface area (Å²) in [6, 6.07) is 11.1. The fraction of sp³-hybridized carbons (Fsp3) is 0.267. The van der Waals surface area contributed by atoms with Crippen LogP contribution in [0.25, 0.3) is 0 Å². The van der Waals surface area contributed by atoms with E-state index in [0.29, 0.717) is 12.0 Å². The first-order valence-corrected chi connectivity index (χ1v) is 7.28. The molecular formula is C15H15IN2. The molecule has 3 heteroatoms. The summed E-state index contributed by atoms with van der Waals surface area (Å²) in [5.74, 6) is 0.584. The second-order valence-corrected chi connectivity index (χ2v) is 5.99. The van der Waals surface area contributed by atoms with E-state index in [2.05, 4.69) is 64.1 Å². The lowest BCUT2D eigenvalue weighted by Crippen LogP contribution is -2.21. The summed E-state index contributed by atoms with van der Waals surface area (Å²) in [6.45, 7) is 2.30. The zero-order valence-electron chi connectivity index (χ0n) is 10.2. The number of benzene rings is 1. The molecule has 1 aliphatic rings. The van der Waals surface area contributed by atoms with Gasteiger partial charge in [0.1, 0.15) is 0 Å². The van der Waals surface area contributed by atoms with Crippen molar-refractivity contribution < 1.29 is 0 Å². The number of nitrogens with zero attached hydrogens (tertiary/aromatic N) is 1. The number of nitrogens with one attached hydrogen (secondary N) is 1. The molecule has 1 N–H and O–H groups in total. The van der Waals surface area contributed by atoms with Gasteiger partial charge in [0.25, 0.3) is 0 Å². The minimum atomic E-state index is 0.372. The molecule has 0 spiro atoms.